The van der Waals surface area contributed by atoms with Gasteiger partial charge in [-0.3, -0.25) is 9.59 Å². The molecule has 0 bridgehead atoms. The van der Waals surface area contributed by atoms with Crippen molar-refractivity contribution in [3.05, 3.63) is 36.5 Å². The molecule has 0 aromatic heterocycles. The number of hydrogen-bond acceptors (Lipinski definition) is 7. The van der Waals surface area contributed by atoms with E-state index >= 15 is 0 Å². The molecule has 0 spiro atoms. The lowest BCUT2D eigenvalue weighted by molar-refractivity contribution is -0.870. The normalized spacial score (nSPS) is 13.1. The number of carboxylic acid groups (broad SMARTS) is 1. The molecule has 2 atom stereocenters. The van der Waals surface area contributed by atoms with Crippen LogP contribution in [0.25, 0.3) is 0 Å². The average Bonchev–Trinajstić information content (AvgIpc) is 3.27. The second kappa shape index (κ2) is 48.0. The number of unbranched alkanes of at least 4 members (excludes halogenated alkanes) is 29. The van der Waals surface area contributed by atoms with Crippen LogP contribution in [0.3, 0.4) is 0 Å². The highest BCUT2D eigenvalue weighted by Crippen LogP contribution is 2.16. The van der Waals surface area contributed by atoms with Crippen molar-refractivity contribution in [1.82, 2.24) is 0 Å². The highest BCUT2D eigenvalue weighted by Gasteiger charge is 2.25. The molecule has 9 heteroatoms. The van der Waals surface area contributed by atoms with Crippen molar-refractivity contribution in [2.24, 2.45) is 0 Å². The van der Waals surface area contributed by atoms with Crippen molar-refractivity contribution in [1.29, 1.82) is 0 Å². The third kappa shape index (κ3) is 49.2. The first kappa shape index (κ1) is 62.5. The van der Waals surface area contributed by atoms with Crippen LogP contribution in [-0.2, 0) is 33.3 Å². The Kier molecular flexibility index (Phi) is 46.1. The van der Waals surface area contributed by atoms with Gasteiger partial charge in [-0.15, -0.1) is 0 Å². The van der Waals surface area contributed by atoms with Crippen LogP contribution in [0.15, 0.2) is 36.5 Å². The summed E-state index contributed by atoms with van der Waals surface area (Å²) in [5.74, 6) is -2.01. The molecule has 0 aromatic rings. The second-order valence-electron chi connectivity index (χ2n) is 19.5. The summed E-state index contributed by atoms with van der Waals surface area (Å²) in [4.78, 5) is 37.3. The Bertz CT molecular complexity index is 1160. The number of ether oxygens (including phenoxy) is 4. The van der Waals surface area contributed by atoms with Gasteiger partial charge in [-0.25, -0.2) is 4.79 Å². The Morgan fingerprint density at radius 2 is 0.831 bits per heavy atom. The van der Waals surface area contributed by atoms with E-state index in [0.717, 1.165) is 51.4 Å². The van der Waals surface area contributed by atoms with Crippen molar-refractivity contribution in [3.8, 4) is 0 Å². The summed E-state index contributed by atoms with van der Waals surface area (Å²) >= 11 is 0. The van der Waals surface area contributed by atoms with E-state index in [0.29, 0.717) is 23.9 Å². The maximum Gasteiger partial charge on any atom is 0.361 e. The first-order valence-corrected chi connectivity index (χ1v) is 27.2. The van der Waals surface area contributed by atoms with E-state index in [-0.39, 0.29) is 32.2 Å². The van der Waals surface area contributed by atoms with Crippen LogP contribution in [0.4, 0.5) is 0 Å². The van der Waals surface area contributed by atoms with Crippen LogP contribution in [-0.4, -0.2) is 87.4 Å². The largest absolute Gasteiger partial charge is 0.477 e. The molecule has 0 amide bonds. The Morgan fingerprint density at radius 3 is 1.26 bits per heavy atom. The summed E-state index contributed by atoms with van der Waals surface area (Å²) < 4.78 is 22.8. The predicted molar refractivity (Wildman–Crippen MR) is 272 cm³/mol. The molecule has 0 radical (unpaired) electrons. The minimum Gasteiger partial charge on any atom is -0.477 e. The summed E-state index contributed by atoms with van der Waals surface area (Å²) in [6.45, 7) is 4.86. The first-order chi connectivity index (χ1) is 31.6. The van der Waals surface area contributed by atoms with Gasteiger partial charge in [0.15, 0.2) is 6.10 Å². The van der Waals surface area contributed by atoms with Gasteiger partial charge < -0.3 is 28.5 Å². The van der Waals surface area contributed by atoms with Crippen molar-refractivity contribution < 1.29 is 42.9 Å². The Hall–Kier alpha value is -2.49. The van der Waals surface area contributed by atoms with Gasteiger partial charge in [-0.1, -0.05) is 198 Å². The van der Waals surface area contributed by atoms with E-state index in [4.69, 9.17) is 18.9 Å². The predicted octanol–water partition coefficient (Wildman–Crippen LogP) is 15.3. The Balaban J connectivity index is 4.27. The van der Waals surface area contributed by atoms with Gasteiger partial charge in [0.05, 0.1) is 34.4 Å². The molecule has 0 fully saturated rings. The molecule has 0 aliphatic carbocycles. The first-order valence-electron chi connectivity index (χ1n) is 27.2. The summed E-state index contributed by atoms with van der Waals surface area (Å²) in [7, 11) is 5.96. The van der Waals surface area contributed by atoms with Gasteiger partial charge in [0.25, 0.3) is 6.29 Å². The number of quaternary nitrogens is 1. The number of carbonyl (C=O) groups excluding carboxylic acids is 2. The molecule has 65 heavy (non-hydrogen) atoms. The summed E-state index contributed by atoms with van der Waals surface area (Å²) in [5, 5.41) is 9.68. The summed E-state index contributed by atoms with van der Waals surface area (Å²) in [6.07, 6.45) is 53.5. The fraction of sp³-hybridized carbons (Fsp3) is 0.839. The van der Waals surface area contributed by atoms with E-state index in [2.05, 4.69) is 50.3 Å². The molecule has 380 valence electrons. The number of rotatable bonds is 50. The zero-order valence-electron chi connectivity index (χ0n) is 43.2. The molecule has 0 heterocycles. The van der Waals surface area contributed by atoms with Crippen LogP contribution >= 0.6 is 0 Å². The van der Waals surface area contributed by atoms with E-state index in [1.54, 1.807) is 0 Å². The van der Waals surface area contributed by atoms with Crippen LogP contribution in [0.1, 0.15) is 245 Å². The summed E-state index contributed by atoms with van der Waals surface area (Å²) in [6, 6.07) is 0. The standard InChI is InChI=1S/C56H103NO8/c1-6-8-10-12-14-16-18-20-22-24-25-26-27-28-29-31-32-34-36-38-40-42-44-46-53(58)63-50-52(51-64-56(55(60)61)62-49-48-57(3,4)5)65-54(59)47-45-43-41-39-37-35-33-30-23-21-19-17-15-13-11-9-7-2/h15,17,21,23-25,52,56H,6-14,16,18-20,22,26-51H2,1-5H3/p+1/b17-15-,23-21-,25-24-. The number of aliphatic carboxylic acids is 1. The fourth-order valence-electron chi connectivity index (χ4n) is 7.63. The van der Waals surface area contributed by atoms with Gasteiger partial charge in [0.2, 0.25) is 0 Å². The van der Waals surface area contributed by atoms with Gasteiger partial charge in [-0.2, -0.15) is 0 Å². The number of likely N-dealkylation sites (N-methyl/N-ethyl adjacent to an activating group) is 1. The fourth-order valence-corrected chi connectivity index (χ4v) is 7.63. The molecule has 2 unspecified atom stereocenters. The third-order valence-electron chi connectivity index (χ3n) is 11.9. The quantitative estimate of drug-likeness (QED) is 0.0211. The maximum absolute atomic E-state index is 12.8. The van der Waals surface area contributed by atoms with E-state index in [9.17, 15) is 19.5 Å². The molecule has 1 N–H and O–H groups in total. The zero-order chi connectivity index (χ0) is 47.7. The molecule has 0 rings (SSSR count). The molecule has 9 nitrogen and oxygen atoms in total. The van der Waals surface area contributed by atoms with Crippen molar-refractivity contribution in [3.63, 3.8) is 0 Å². The van der Waals surface area contributed by atoms with E-state index in [1.165, 1.54) is 161 Å². The monoisotopic (exact) mass is 919 g/mol. The van der Waals surface area contributed by atoms with Gasteiger partial charge in [0, 0.05) is 12.8 Å². The van der Waals surface area contributed by atoms with Gasteiger partial charge >= 0.3 is 17.9 Å². The molecular formula is C56H104NO8+. The van der Waals surface area contributed by atoms with Crippen LogP contribution in [0.2, 0.25) is 0 Å². The lowest BCUT2D eigenvalue weighted by atomic mass is 10.0. The van der Waals surface area contributed by atoms with Crippen molar-refractivity contribution in [2.45, 2.75) is 257 Å². The van der Waals surface area contributed by atoms with Crippen LogP contribution in [0, 0.1) is 0 Å². The number of carboxylic acids is 1. The highest BCUT2D eigenvalue weighted by atomic mass is 16.7. The second-order valence-corrected chi connectivity index (χ2v) is 19.5. The van der Waals surface area contributed by atoms with Crippen LogP contribution < -0.4 is 0 Å². The van der Waals surface area contributed by atoms with Crippen LogP contribution in [0.5, 0.6) is 0 Å². The SMILES string of the molecule is CCCCC/C=C\C/C=C\CCCCCCCCCC(=O)OC(COC(=O)CCCCCCCCCCCCC/C=C\CCCCCCCCCC)COC(OCC[N+](C)(C)C)C(=O)O. The average molecular weight is 919 g/mol. The molecule has 0 saturated carbocycles. The van der Waals surface area contributed by atoms with E-state index in [1.807, 2.05) is 21.1 Å². The van der Waals surface area contributed by atoms with Gasteiger partial charge in [-0.05, 0) is 70.6 Å². The zero-order valence-corrected chi connectivity index (χ0v) is 43.2. The summed E-state index contributed by atoms with van der Waals surface area (Å²) in [5.41, 5.74) is 0. The number of carbonyl (C=O) groups is 3. The van der Waals surface area contributed by atoms with Gasteiger partial charge in [0.1, 0.15) is 13.2 Å². The Morgan fingerprint density at radius 1 is 0.462 bits per heavy atom. The molecule has 0 saturated heterocycles. The van der Waals surface area contributed by atoms with Crippen molar-refractivity contribution >= 4 is 17.9 Å². The molecule has 0 aliphatic rings. The number of allylic oxidation sites excluding steroid dienone is 6. The number of nitrogens with zero attached hydrogens (tertiary/aromatic N) is 1. The minimum absolute atomic E-state index is 0.184. The Labute approximate surface area is 400 Å². The lowest BCUT2D eigenvalue weighted by Gasteiger charge is -2.25. The van der Waals surface area contributed by atoms with E-state index < -0.39 is 24.3 Å². The minimum atomic E-state index is -1.51. The molecular weight excluding hydrogens is 815 g/mol. The number of hydrogen-bond donors (Lipinski definition) is 1. The highest BCUT2D eigenvalue weighted by molar-refractivity contribution is 5.71. The number of esters is 2. The third-order valence-corrected chi connectivity index (χ3v) is 11.9. The smallest absolute Gasteiger partial charge is 0.361 e. The molecule has 0 aliphatic heterocycles. The molecule has 0 aromatic carbocycles. The van der Waals surface area contributed by atoms with Crippen molar-refractivity contribution in [2.75, 3.05) is 47.5 Å². The topological polar surface area (TPSA) is 108 Å². The lowest BCUT2D eigenvalue weighted by Crippen LogP contribution is -2.40. The maximum atomic E-state index is 12.8.